The monoisotopic (exact) mass is 311 g/mol. The fraction of sp³-hybridized carbons (Fsp3) is 0.467. The minimum atomic E-state index is -0.784. The maximum atomic E-state index is 13.4. The molecule has 1 aromatic carbocycles. The topological polar surface area (TPSA) is 73.9 Å². The van der Waals surface area contributed by atoms with E-state index in [2.05, 4.69) is 5.32 Å². The molecule has 0 aromatic heterocycles. The summed E-state index contributed by atoms with van der Waals surface area (Å²) < 4.78 is 28.4. The average Bonchev–Trinajstić information content (AvgIpc) is 2.54. The van der Waals surface area contributed by atoms with Crippen LogP contribution in [-0.2, 0) is 30.3 Å². The minimum Gasteiger partial charge on any atom is -0.454 e. The number of rotatable bonds is 5. The predicted molar refractivity (Wildman–Crippen MR) is 74.5 cm³/mol. The van der Waals surface area contributed by atoms with Crippen LogP contribution in [0.4, 0.5) is 4.39 Å². The highest BCUT2D eigenvalue weighted by atomic mass is 19.1. The van der Waals surface area contributed by atoms with E-state index in [1.165, 1.54) is 6.07 Å². The summed E-state index contributed by atoms with van der Waals surface area (Å²) in [5, 5.41) is 2.55. The second-order valence-corrected chi connectivity index (χ2v) is 4.90. The Kier molecular flexibility index (Phi) is 5.85. The second kappa shape index (κ2) is 7.86. The first kappa shape index (κ1) is 16.4. The Hall–Kier alpha value is -1.99. The standard InChI is InChI=1S/C15H18FNO5/c1-10-2-3-11(6-12(10)16)7-17-14(18)9-22-15(19)13-8-20-4-5-21-13/h2-3,6,13H,4-5,7-9H2,1H3,(H,17,18)/t13-/m1/s1. The van der Waals surface area contributed by atoms with Gasteiger partial charge >= 0.3 is 5.97 Å². The van der Waals surface area contributed by atoms with Crippen LogP contribution >= 0.6 is 0 Å². The van der Waals surface area contributed by atoms with Gasteiger partial charge in [-0.15, -0.1) is 0 Å². The van der Waals surface area contributed by atoms with E-state index in [9.17, 15) is 14.0 Å². The van der Waals surface area contributed by atoms with Crippen molar-refractivity contribution in [2.24, 2.45) is 0 Å². The Morgan fingerprint density at radius 3 is 2.91 bits per heavy atom. The van der Waals surface area contributed by atoms with Gasteiger partial charge in [0.15, 0.2) is 12.7 Å². The highest BCUT2D eigenvalue weighted by Crippen LogP contribution is 2.08. The lowest BCUT2D eigenvalue weighted by molar-refractivity contribution is -0.172. The lowest BCUT2D eigenvalue weighted by Crippen LogP contribution is -2.38. The molecule has 2 rings (SSSR count). The van der Waals surface area contributed by atoms with Crippen LogP contribution in [0, 0.1) is 12.7 Å². The zero-order valence-corrected chi connectivity index (χ0v) is 12.3. The molecular formula is C15H18FNO5. The van der Waals surface area contributed by atoms with Gasteiger partial charge in [0.2, 0.25) is 0 Å². The van der Waals surface area contributed by atoms with Gasteiger partial charge in [0.25, 0.3) is 5.91 Å². The molecule has 1 amide bonds. The van der Waals surface area contributed by atoms with E-state index in [0.29, 0.717) is 24.3 Å². The maximum absolute atomic E-state index is 13.4. The molecule has 0 unspecified atom stereocenters. The van der Waals surface area contributed by atoms with Crippen molar-refractivity contribution in [1.82, 2.24) is 5.32 Å². The fourth-order valence-corrected chi connectivity index (χ4v) is 1.85. The SMILES string of the molecule is Cc1ccc(CNC(=O)COC(=O)[C@H]2COCCO2)cc1F. The predicted octanol–water partition coefficient (Wildman–Crippen LogP) is 0.709. The summed E-state index contributed by atoms with van der Waals surface area (Å²) in [4.78, 5) is 23.2. The molecule has 7 heteroatoms. The molecule has 0 saturated carbocycles. The highest BCUT2D eigenvalue weighted by molar-refractivity contribution is 5.82. The maximum Gasteiger partial charge on any atom is 0.338 e. The van der Waals surface area contributed by atoms with E-state index in [1.54, 1.807) is 19.1 Å². The van der Waals surface area contributed by atoms with Gasteiger partial charge in [-0.25, -0.2) is 9.18 Å². The molecule has 1 heterocycles. The normalized spacial score (nSPS) is 17.8. The number of hydrogen-bond acceptors (Lipinski definition) is 5. The first-order valence-corrected chi connectivity index (χ1v) is 6.94. The zero-order valence-electron chi connectivity index (χ0n) is 12.3. The smallest absolute Gasteiger partial charge is 0.338 e. The largest absolute Gasteiger partial charge is 0.454 e. The lowest BCUT2D eigenvalue weighted by Gasteiger charge is -2.21. The Balaban J connectivity index is 1.71. The van der Waals surface area contributed by atoms with Crippen LogP contribution in [0.25, 0.3) is 0 Å². The first-order valence-electron chi connectivity index (χ1n) is 6.94. The van der Waals surface area contributed by atoms with E-state index >= 15 is 0 Å². The van der Waals surface area contributed by atoms with Crippen molar-refractivity contribution in [3.8, 4) is 0 Å². The summed E-state index contributed by atoms with van der Waals surface area (Å²) in [6.07, 6.45) is -0.784. The van der Waals surface area contributed by atoms with E-state index < -0.39 is 24.6 Å². The molecule has 6 nitrogen and oxygen atoms in total. The summed E-state index contributed by atoms with van der Waals surface area (Å²) in [5.41, 5.74) is 1.17. The molecule has 0 radical (unpaired) electrons. The number of nitrogens with one attached hydrogen (secondary N) is 1. The number of halogens is 1. The zero-order chi connectivity index (χ0) is 15.9. The van der Waals surface area contributed by atoms with Crippen LogP contribution in [0.3, 0.4) is 0 Å². The molecule has 22 heavy (non-hydrogen) atoms. The molecule has 1 aliphatic rings. The number of amides is 1. The molecule has 1 aliphatic heterocycles. The van der Waals surface area contributed by atoms with Crippen LogP contribution in [0.2, 0.25) is 0 Å². The summed E-state index contributed by atoms with van der Waals surface area (Å²) in [6.45, 7) is 2.31. The molecule has 1 fully saturated rings. The van der Waals surface area contributed by atoms with Gasteiger partial charge in [-0.3, -0.25) is 4.79 Å². The molecule has 1 aromatic rings. The van der Waals surface area contributed by atoms with E-state index in [0.717, 1.165) is 0 Å². The van der Waals surface area contributed by atoms with E-state index in [1.807, 2.05) is 0 Å². The number of aryl methyl sites for hydroxylation is 1. The minimum absolute atomic E-state index is 0.128. The van der Waals surface area contributed by atoms with Gasteiger partial charge in [-0.2, -0.15) is 0 Å². The molecule has 1 saturated heterocycles. The van der Waals surface area contributed by atoms with Crippen molar-refractivity contribution < 1.29 is 28.2 Å². The van der Waals surface area contributed by atoms with E-state index in [-0.39, 0.29) is 19.0 Å². The number of carbonyl (C=O) groups is 2. The van der Waals surface area contributed by atoms with Crippen LogP contribution in [0.15, 0.2) is 18.2 Å². The first-order chi connectivity index (χ1) is 10.6. The highest BCUT2D eigenvalue weighted by Gasteiger charge is 2.24. The van der Waals surface area contributed by atoms with Crippen LogP contribution in [0.1, 0.15) is 11.1 Å². The Morgan fingerprint density at radius 1 is 1.41 bits per heavy atom. The van der Waals surface area contributed by atoms with Crippen molar-refractivity contribution in [2.75, 3.05) is 26.4 Å². The van der Waals surface area contributed by atoms with Crippen molar-refractivity contribution in [1.29, 1.82) is 0 Å². The molecule has 0 bridgehead atoms. The van der Waals surface area contributed by atoms with Gasteiger partial charge in [-0.05, 0) is 24.1 Å². The van der Waals surface area contributed by atoms with Crippen molar-refractivity contribution >= 4 is 11.9 Å². The third kappa shape index (κ3) is 4.78. The molecule has 0 aliphatic carbocycles. The van der Waals surface area contributed by atoms with Crippen LogP contribution < -0.4 is 5.32 Å². The Labute approximate surface area is 127 Å². The second-order valence-electron chi connectivity index (χ2n) is 4.90. The number of benzene rings is 1. The Bertz CT molecular complexity index is 543. The van der Waals surface area contributed by atoms with Gasteiger partial charge in [-0.1, -0.05) is 12.1 Å². The lowest BCUT2D eigenvalue weighted by atomic mass is 10.1. The van der Waals surface area contributed by atoms with Crippen molar-refractivity contribution in [3.05, 3.63) is 35.1 Å². The quantitative estimate of drug-likeness (QED) is 0.811. The summed E-state index contributed by atoms with van der Waals surface area (Å²) in [7, 11) is 0. The third-order valence-electron chi connectivity index (χ3n) is 3.15. The van der Waals surface area contributed by atoms with Gasteiger partial charge in [0.05, 0.1) is 19.8 Å². The summed E-state index contributed by atoms with van der Waals surface area (Å²) in [6, 6.07) is 4.71. The number of carbonyl (C=O) groups excluding carboxylic acids is 2. The number of ether oxygens (including phenoxy) is 3. The Morgan fingerprint density at radius 2 is 2.23 bits per heavy atom. The molecule has 0 spiro atoms. The third-order valence-corrected chi connectivity index (χ3v) is 3.15. The van der Waals surface area contributed by atoms with Crippen molar-refractivity contribution in [3.63, 3.8) is 0 Å². The molecule has 1 N–H and O–H groups in total. The van der Waals surface area contributed by atoms with Crippen LogP contribution in [-0.4, -0.2) is 44.4 Å². The van der Waals surface area contributed by atoms with Crippen molar-refractivity contribution in [2.45, 2.75) is 19.6 Å². The van der Waals surface area contributed by atoms with Gasteiger partial charge in [0, 0.05) is 6.54 Å². The van der Waals surface area contributed by atoms with E-state index in [4.69, 9.17) is 14.2 Å². The molecule has 1 atom stereocenters. The fourth-order valence-electron chi connectivity index (χ4n) is 1.85. The number of hydrogen-bond donors (Lipinski definition) is 1. The van der Waals surface area contributed by atoms with Gasteiger partial charge in [0.1, 0.15) is 5.82 Å². The summed E-state index contributed by atoms with van der Waals surface area (Å²) in [5.74, 6) is -1.42. The summed E-state index contributed by atoms with van der Waals surface area (Å²) >= 11 is 0. The average molecular weight is 311 g/mol. The molecule has 120 valence electrons. The number of esters is 1. The van der Waals surface area contributed by atoms with Crippen LogP contribution in [0.5, 0.6) is 0 Å². The van der Waals surface area contributed by atoms with Gasteiger partial charge < -0.3 is 19.5 Å². The molecular weight excluding hydrogens is 293 g/mol.